The number of hydrogen-bond donors (Lipinski definition) is 2. The summed E-state index contributed by atoms with van der Waals surface area (Å²) < 4.78 is 0. The highest BCUT2D eigenvalue weighted by Gasteiger charge is 2.25. The lowest BCUT2D eigenvalue weighted by Gasteiger charge is -2.43. The summed E-state index contributed by atoms with van der Waals surface area (Å²) in [6.07, 6.45) is 5.18. The fourth-order valence-electron chi connectivity index (χ4n) is 3.94. The molecule has 1 fully saturated rings. The highest BCUT2D eigenvalue weighted by molar-refractivity contribution is 6.59. The minimum Gasteiger partial charge on any atom is -0.354 e. The minimum atomic E-state index is -1.35. The molecule has 4 heterocycles. The Labute approximate surface area is 200 Å². The zero-order valence-electron chi connectivity index (χ0n) is 18.3. The molecule has 2 N–H and O–H groups in total. The van der Waals surface area contributed by atoms with E-state index in [2.05, 4.69) is 35.6 Å². The lowest BCUT2D eigenvalue weighted by Crippen LogP contribution is -2.58. The van der Waals surface area contributed by atoms with Crippen LogP contribution < -0.4 is 10.2 Å². The fourth-order valence-corrected chi connectivity index (χ4v) is 3.94. The first-order chi connectivity index (χ1) is 16.4. The van der Waals surface area contributed by atoms with Crippen molar-refractivity contribution in [3.63, 3.8) is 0 Å². The van der Waals surface area contributed by atoms with Gasteiger partial charge in [0.15, 0.2) is 5.82 Å². The van der Waals surface area contributed by atoms with Crippen LogP contribution >= 0.6 is 0 Å². The van der Waals surface area contributed by atoms with E-state index in [1.54, 1.807) is 35.5 Å². The second-order valence-electron chi connectivity index (χ2n) is 8.21. The standard InChI is InChI=1S/C22H19B3N8O/c23-22(24,25)33-7-5-32(6-8-33)20-11-15(3-4-26-20)21(34)29-19-10-16-9-14(17-12-27-28-13-17)1-2-18(16)30-31-19/h1-4,9-13H,5-8H2,(H,27,28)(H,29,31,34). The van der Waals surface area contributed by atoms with Gasteiger partial charge in [-0.05, 0) is 35.9 Å². The van der Waals surface area contributed by atoms with Crippen molar-refractivity contribution in [1.29, 1.82) is 0 Å². The smallest absolute Gasteiger partial charge is 0.257 e. The van der Waals surface area contributed by atoms with E-state index in [1.165, 1.54) is 0 Å². The second-order valence-corrected chi connectivity index (χ2v) is 8.21. The van der Waals surface area contributed by atoms with Gasteiger partial charge >= 0.3 is 0 Å². The number of anilines is 2. The third kappa shape index (κ3) is 4.67. The molecule has 12 heteroatoms. The molecular weight excluding hydrogens is 425 g/mol. The van der Waals surface area contributed by atoms with Crippen molar-refractivity contribution in [2.75, 3.05) is 36.4 Å². The number of pyridine rings is 1. The van der Waals surface area contributed by atoms with Gasteiger partial charge in [-0.25, -0.2) is 4.98 Å². The third-order valence-corrected chi connectivity index (χ3v) is 5.82. The maximum Gasteiger partial charge on any atom is 0.257 e. The molecule has 0 bridgehead atoms. The Morgan fingerprint density at radius 2 is 1.82 bits per heavy atom. The second kappa shape index (κ2) is 8.94. The molecule has 1 aliphatic heterocycles. The number of rotatable bonds is 5. The summed E-state index contributed by atoms with van der Waals surface area (Å²) in [7, 11) is 17.3. The third-order valence-electron chi connectivity index (χ3n) is 5.82. The Bertz CT molecular complexity index is 1320. The van der Waals surface area contributed by atoms with E-state index in [-0.39, 0.29) is 5.91 Å². The topological polar surface area (TPSA) is 103 Å². The molecule has 0 unspecified atom stereocenters. The van der Waals surface area contributed by atoms with E-state index in [9.17, 15) is 4.79 Å². The van der Waals surface area contributed by atoms with E-state index >= 15 is 0 Å². The number of benzene rings is 1. The average Bonchev–Trinajstić information content (AvgIpc) is 3.38. The molecule has 6 radical (unpaired) electrons. The predicted molar refractivity (Wildman–Crippen MR) is 133 cm³/mol. The number of piperazine rings is 1. The maximum atomic E-state index is 12.9. The molecule has 1 amide bonds. The Morgan fingerprint density at radius 3 is 2.56 bits per heavy atom. The summed E-state index contributed by atoms with van der Waals surface area (Å²) in [6, 6.07) is 11.0. The van der Waals surface area contributed by atoms with Crippen molar-refractivity contribution in [1.82, 2.24) is 30.3 Å². The van der Waals surface area contributed by atoms with Gasteiger partial charge in [0, 0.05) is 55.1 Å². The van der Waals surface area contributed by atoms with Crippen molar-refractivity contribution in [2.45, 2.75) is 5.24 Å². The van der Waals surface area contributed by atoms with Gasteiger partial charge in [-0.15, -0.1) is 10.2 Å². The lowest BCUT2D eigenvalue weighted by atomic mass is 9.48. The molecule has 162 valence electrons. The number of nitrogens with zero attached hydrogens (tertiary/aromatic N) is 6. The number of carbonyl (C=O) groups is 1. The first-order valence-corrected chi connectivity index (χ1v) is 10.8. The van der Waals surface area contributed by atoms with Gasteiger partial charge in [-0.1, -0.05) is 11.3 Å². The Balaban J connectivity index is 1.31. The molecule has 3 aromatic heterocycles. The molecule has 1 aliphatic rings. The van der Waals surface area contributed by atoms with Crippen LogP contribution in [0.4, 0.5) is 11.6 Å². The van der Waals surface area contributed by atoms with E-state index in [4.69, 9.17) is 23.5 Å². The van der Waals surface area contributed by atoms with E-state index in [1.807, 2.05) is 24.4 Å². The molecule has 1 saturated heterocycles. The van der Waals surface area contributed by atoms with Crippen molar-refractivity contribution >= 4 is 52.0 Å². The van der Waals surface area contributed by atoms with Crippen molar-refractivity contribution in [2.24, 2.45) is 0 Å². The van der Waals surface area contributed by atoms with Gasteiger partial charge in [0.2, 0.25) is 0 Å². The molecular formula is C22H19B3N8O. The Hall–Kier alpha value is -3.66. The molecule has 4 aromatic rings. The first kappa shape index (κ1) is 22.2. The number of aromatic amines is 1. The van der Waals surface area contributed by atoms with Crippen molar-refractivity contribution < 1.29 is 4.79 Å². The molecule has 0 spiro atoms. The summed E-state index contributed by atoms with van der Waals surface area (Å²) in [5, 5.41) is 17.5. The van der Waals surface area contributed by atoms with Crippen LogP contribution in [0.5, 0.6) is 0 Å². The molecule has 34 heavy (non-hydrogen) atoms. The summed E-state index contributed by atoms with van der Waals surface area (Å²) in [4.78, 5) is 21.2. The van der Waals surface area contributed by atoms with E-state index < -0.39 is 5.24 Å². The van der Waals surface area contributed by atoms with Crippen LogP contribution in [0.15, 0.2) is 55.0 Å². The van der Waals surface area contributed by atoms with E-state index in [0.717, 1.165) is 22.0 Å². The van der Waals surface area contributed by atoms with Gasteiger partial charge in [0.05, 0.1) is 35.3 Å². The number of fused-ring (bicyclic) bond motifs is 1. The molecule has 0 aliphatic carbocycles. The normalized spacial score (nSPS) is 14.9. The van der Waals surface area contributed by atoms with Crippen LogP contribution in [0.3, 0.4) is 0 Å². The van der Waals surface area contributed by atoms with Crippen LogP contribution in [0.2, 0.25) is 0 Å². The summed E-state index contributed by atoms with van der Waals surface area (Å²) in [6.45, 7) is 2.46. The van der Waals surface area contributed by atoms with Crippen molar-refractivity contribution in [3.05, 3.63) is 60.6 Å². The summed E-state index contributed by atoms with van der Waals surface area (Å²) in [5.41, 5.74) is 3.14. The zero-order chi connectivity index (χ0) is 23.7. The lowest BCUT2D eigenvalue weighted by molar-refractivity contribution is 0.102. The maximum absolute atomic E-state index is 12.9. The monoisotopic (exact) mass is 444 g/mol. The van der Waals surface area contributed by atoms with Crippen LogP contribution in [0.1, 0.15) is 10.4 Å². The highest BCUT2D eigenvalue weighted by Crippen LogP contribution is 2.24. The van der Waals surface area contributed by atoms with Gasteiger partial charge in [0.25, 0.3) is 5.91 Å². The molecule has 0 atom stereocenters. The van der Waals surface area contributed by atoms with Crippen LogP contribution in [0, 0.1) is 0 Å². The Morgan fingerprint density at radius 1 is 1.00 bits per heavy atom. The van der Waals surface area contributed by atoms with Crippen LogP contribution in [-0.4, -0.2) is 91.1 Å². The molecule has 5 rings (SSSR count). The molecule has 9 nitrogen and oxygen atoms in total. The number of carbonyl (C=O) groups excluding carboxylic acids is 1. The largest absolute Gasteiger partial charge is 0.354 e. The molecule has 1 aromatic carbocycles. The van der Waals surface area contributed by atoms with Crippen LogP contribution in [0.25, 0.3) is 22.0 Å². The quantitative estimate of drug-likeness (QED) is 0.442. The van der Waals surface area contributed by atoms with E-state index in [0.29, 0.717) is 43.4 Å². The van der Waals surface area contributed by atoms with Crippen LogP contribution in [-0.2, 0) is 0 Å². The van der Waals surface area contributed by atoms with Gasteiger partial charge in [-0.3, -0.25) is 9.89 Å². The molecule has 0 saturated carbocycles. The SMILES string of the molecule is [B]C([B])([B])N1CCN(c2cc(C(=O)Nc3cc4cc(-c5cn[nH]c5)ccc4nn3)ccn2)CC1. The summed E-state index contributed by atoms with van der Waals surface area (Å²) >= 11 is 0. The highest BCUT2D eigenvalue weighted by atomic mass is 16.1. The number of aromatic nitrogens is 5. The average molecular weight is 444 g/mol. The first-order valence-electron chi connectivity index (χ1n) is 10.8. The number of nitrogens with one attached hydrogen (secondary N) is 2. The number of hydrogen-bond acceptors (Lipinski definition) is 7. The summed E-state index contributed by atoms with van der Waals surface area (Å²) in [5.74, 6) is 0.754. The fraction of sp³-hybridized carbons (Fsp3) is 0.227. The van der Waals surface area contributed by atoms with Gasteiger partial charge in [-0.2, -0.15) is 5.10 Å². The zero-order valence-corrected chi connectivity index (χ0v) is 18.3. The number of amides is 1. The Kier molecular flexibility index (Phi) is 5.83. The predicted octanol–water partition coefficient (Wildman–Crippen LogP) is 0.906. The van der Waals surface area contributed by atoms with Gasteiger partial charge in [0.1, 0.15) is 5.82 Å². The minimum absolute atomic E-state index is 0.299. The van der Waals surface area contributed by atoms with Gasteiger partial charge < -0.3 is 15.1 Å². The van der Waals surface area contributed by atoms with Crippen molar-refractivity contribution in [3.8, 4) is 11.1 Å². The number of H-pyrrole nitrogens is 1.